The monoisotopic (exact) mass is 276 g/mol. The van der Waals surface area contributed by atoms with Gasteiger partial charge in [0.1, 0.15) is 0 Å². The van der Waals surface area contributed by atoms with Crippen molar-refractivity contribution in [1.29, 1.82) is 0 Å². The van der Waals surface area contributed by atoms with Gasteiger partial charge in [-0.1, -0.05) is 31.2 Å². The van der Waals surface area contributed by atoms with Gasteiger partial charge in [0, 0.05) is 25.7 Å². The zero-order valence-electron chi connectivity index (χ0n) is 13.0. The van der Waals surface area contributed by atoms with Crippen molar-refractivity contribution in [1.82, 2.24) is 4.90 Å². The number of nitrogens with two attached hydrogens (primary N) is 1. The Hall–Kier alpha value is -0.900. The summed E-state index contributed by atoms with van der Waals surface area (Å²) < 4.78 is 5.32. The molecule has 0 radical (unpaired) electrons. The van der Waals surface area contributed by atoms with Crippen LogP contribution in [0.1, 0.15) is 49.8 Å². The van der Waals surface area contributed by atoms with Crippen LogP contribution in [0.5, 0.6) is 0 Å². The number of rotatable bonds is 8. The number of methoxy groups -OCH3 is 1. The molecule has 1 saturated carbocycles. The SMILES string of the molecule is CCN(C(C)COC)C(CN)c1ccccc1C1CC1. The molecule has 1 aromatic carbocycles. The summed E-state index contributed by atoms with van der Waals surface area (Å²) in [5, 5.41) is 0. The van der Waals surface area contributed by atoms with Gasteiger partial charge in [0.25, 0.3) is 0 Å². The summed E-state index contributed by atoms with van der Waals surface area (Å²) in [6, 6.07) is 9.50. The largest absolute Gasteiger partial charge is 0.383 e. The Bertz CT molecular complexity index is 417. The van der Waals surface area contributed by atoms with Crippen LogP contribution in [0.25, 0.3) is 0 Å². The number of hydrogen-bond donors (Lipinski definition) is 1. The predicted molar refractivity (Wildman–Crippen MR) is 83.9 cm³/mol. The summed E-state index contributed by atoms with van der Waals surface area (Å²) in [4.78, 5) is 2.46. The van der Waals surface area contributed by atoms with E-state index in [0.717, 1.165) is 19.1 Å². The van der Waals surface area contributed by atoms with Crippen LogP contribution in [-0.2, 0) is 4.74 Å². The molecular weight excluding hydrogens is 248 g/mol. The van der Waals surface area contributed by atoms with Crippen LogP contribution in [0, 0.1) is 0 Å². The van der Waals surface area contributed by atoms with Crippen molar-refractivity contribution < 1.29 is 4.74 Å². The van der Waals surface area contributed by atoms with Crippen molar-refractivity contribution in [3.05, 3.63) is 35.4 Å². The maximum atomic E-state index is 6.12. The van der Waals surface area contributed by atoms with Crippen molar-refractivity contribution in [3.63, 3.8) is 0 Å². The van der Waals surface area contributed by atoms with E-state index >= 15 is 0 Å². The lowest BCUT2D eigenvalue weighted by atomic mass is 9.95. The van der Waals surface area contributed by atoms with E-state index in [-0.39, 0.29) is 0 Å². The molecule has 2 atom stereocenters. The maximum absolute atomic E-state index is 6.12. The average Bonchev–Trinajstić information content (AvgIpc) is 3.29. The fourth-order valence-corrected chi connectivity index (χ4v) is 3.20. The van der Waals surface area contributed by atoms with E-state index in [1.165, 1.54) is 24.0 Å². The maximum Gasteiger partial charge on any atom is 0.0615 e. The van der Waals surface area contributed by atoms with Gasteiger partial charge in [-0.3, -0.25) is 4.90 Å². The Balaban J connectivity index is 2.26. The molecule has 1 aliphatic carbocycles. The molecule has 0 spiro atoms. The van der Waals surface area contributed by atoms with Crippen molar-refractivity contribution in [3.8, 4) is 0 Å². The molecule has 0 aromatic heterocycles. The Labute approximate surface area is 123 Å². The van der Waals surface area contributed by atoms with Crippen molar-refractivity contribution in [2.45, 2.75) is 44.7 Å². The predicted octanol–water partition coefficient (Wildman–Crippen LogP) is 2.92. The first kappa shape index (κ1) is 15.5. The van der Waals surface area contributed by atoms with E-state index in [2.05, 4.69) is 43.0 Å². The third-order valence-corrected chi connectivity index (χ3v) is 4.33. The fourth-order valence-electron chi connectivity index (χ4n) is 3.20. The topological polar surface area (TPSA) is 38.5 Å². The van der Waals surface area contributed by atoms with E-state index in [1.807, 2.05) is 0 Å². The quantitative estimate of drug-likeness (QED) is 0.793. The summed E-state index contributed by atoms with van der Waals surface area (Å²) >= 11 is 0. The first-order valence-corrected chi connectivity index (χ1v) is 7.76. The second kappa shape index (κ2) is 7.21. The van der Waals surface area contributed by atoms with Gasteiger partial charge in [0.2, 0.25) is 0 Å². The van der Waals surface area contributed by atoms with Gasteiger partial charge in [0.05, 0.1) is 6.61 Å². The molecule has 3 nitrogen and oxygen atoms in total. The molecule has 112 valence electrons. The molecule has 20 heavy (non-hydrogen) atoms. The number of likely N-dealkylation sites (N-methyl/N-ethyl adjacent to an activating group) is 1. The van der Waals surface area contributed by atoms with Gasteiger partial charge in [0.15, 0.2) is 0 Å². The van der Waals surface area contributed by atoms with Crippen molar-refractivity contribution in [2.24, 2.45) is 5.73 Å². The molecule has 0 aliphatic heterocycles. The van der Waals surface area contributed by atoms with Crippen LogP contribution < -0.4 is 5.73 Å². The van der Waals surface area contributed by atoms with Crippen LogP contribution >= 0.6 is 0 Å². The Kier molecular flexibility index (Phi) is 5.58. The zero-order valence-corrected chi connectivity index (χ0v) is 13.0. The lowest BCUT2D eigenvalue weighted by Gasteiger charge is -2.36. The third-order valence-electron chi connectivity index (χ3n) is 4.33. The highest BCUT2D eigenvalue weighted by atomic mass is 16.5. The first-order valence-electron chi connectivity index (χ1n) is 7.76. The van der Waals surface area contributed by atoms with E-state index < -0.39 is 0 Å². The highest BCUT2D eigenvalue weighted by molar-refractivity contribution is 5.36. The average molecular weight is 276 g/mol. The second-order valence-corrected chi connectivity index (χ2v) is 5.79. The number of benzene rings is 1. The molecule has 1 aromatic rings. The minimum atomic E-state index is 0.293. The van der Waals surface area contributed by atoms with Crippen LogP contribution in [0.4, 0.5) is 0 Å². The normalized spacial score (nSPS) is 18.2. The van der Waals surface area contributed by atoms with Gasteiger partial charge < -0.3 is 10.5 Å². The van der Waals surface area contributed by atoms with Crippen molar-refractivity contribution >= 4 is 0 Å². The summed E-state index contributed by atoms with van der Waals surface area (Å²) in [5.74, 6) is 0.761. The van der Waals surface area contributed by atoms with E-state index in [4.69, 9.17) is 10.5 Å². The zero-order chi connectivity index (χ0) is 14.5. The molecule has 0 saturated heterocycles. The molecule has 2 N–H and O–H groups in total. The Morgan fingerprint density at radius 1 is 1.35 bits per heavy atom. The Morgan fingerprint density at radius 3 is 2.60 bits per heavy atom. The molecule has 0 heterocycles. The van der Waals surface area contributed by atoms with Gasteiger partial charge in [-0.25, -0.2) is 0 Å². The van der Waals surface area contributed by atoms with Crippen LogP contribution in [0.3, 0.4) is 0 Å². The molecule has 0 bridgehead atoms. The molecule has 2 unspecified atom stereocenters. The lowest BCUT2D eigenvalue weighted by Crippen LogP contribution is -2.42. The Morgan fingerprint density at radius 2 is 2.05 bits per heavy atom. The van der Waals surface area contributed by atoms with Crippen LogP contribution in [0.2, 0.25) is 0 Å². The fraction of sp³-hybridized carbons (Fsp3) is 0.647. The number of ether oxygens (including phenoxy) is 1. The molecule has 0 amide bonds. The summed E-state index contributed by atoms with van der Waals surface area (Å²) in [7, 11) is 1.76. The number of nitrogens with zero attached hydrogens (tertiary/aromatic N) is 1. The highest BCUT2D eigenvalue weighted by Gasteiger charge is 2.30. The smallest absolute Gasteiger partial charge is 0.0615 e. The minimum absolute atomic E-state index is 0.293. The van der Waals surface area contributed by atoms with Gasteiger partial charge >= 0.3 is 0 Å². The second-order valence-electron chi connectivity index (χ2n) is 5.79. The summed E-state index contributed by atoms with van der Waals surface area (Å²) in [5.41, 5.74) is 9.05. The van der Waals surface area contributed by atoms with E-state index in [9.17, 15) is 0 Å². The number of hydrogen-bond acceptors (Lipinski definition) is 3. The van der Waals surface area contributed by atoms with Crippen LogP contribution in [-0.4, -0.2) is 37.7 Å². The van der Waals surface area contributed by atoms with Crippen LogP contribution in [0.15, 0.2) is 24.3 Å². The third kappa shape index (κ3) is 3.40. The highest BCUT2D eigenvalue weighted by Crippen LogP contribution is 2.43. The molecule has 1 aliphatic rings. The molecule has 3 heteroatoms. The van der Waals surface area contributed by atoms with Gasteiger partial charge in [-0.05, 0) is 43.4 Å². The van der Waals surface area contributed by atoms with Gasteiger partial charge in [-0.15, -0.1) is 0 Å². The minimum Gasteiger partial charge on any atom is -0.383 e. The standard InChI is InChI=1S/C17H28N2O/c1-4-19(13(2)12-20-3)17(11-18)16-8-6-5-7-15(16)14-9-10-14/h5-8,13-14,17H,4,9-12,18H2,1-3H3. The summed E-state index contributed by atoms with van der Waals surface area (Å²) in [6.07, 6.45) is 2.65. The summed E-state index contributed by atoms with van der Waals surface area (Å²) in [6.45, 7) is 6.82. The van der Waals surface area contributed by atoms with Gasteiger partial charge in [-0.2, -0.15) is 0 Å². The first-order chi connectivity index (χ1) is 9.72. The molecule has 1 fully saturated rings. The van der Waals surface area contributed by atoms with E-state index in [1.54, 1.807) is 7.11 Å². The van der Waals surface area contributed by atoms with E-state index in [0.29, 0.717) is 18.6 Å². The molecule has 2 rings (SSSR count). The molecular formula is C17H28N2O. The lowest BCUT2D eigenvalue weighted by molar-refractivity contribution is 0.0749. The van der Waals surface area contributed by atoms with Crippen molar-refractivity contribution in [2.75, 3.05) is 26.8 Å².